The van der Waals surface area contributed by atoms with Crippen molar-refractivity contribution in [2.75, 3.05) is 6.54 Å². The van der Waals surface area contributed by atoms with Crippen molar-refractivity contribution in [1.29, 1.82) is 0 Å². The van der Waals surface area contributed by atoms with Gasteiger partial charge in [0.2, 0.25) is 0 Å². The first kappa shape index (κ1) is 13.4. The summed E-state index contributed by atoms with van der Waals surface area (Å²) in [5.74, 6) is -0.245. The minimum absolute atomic E-state index is 0.245. The van der Waals surface area contributed by atoms with Crippen molar-refractivity contribution in [3.8, 4) is 11.3 Å². The molecule has 0 aliphatic carbocycles. The average Bonchev–Trinajstić information content (AvgIpc) is 3.15. The Morgan fingerprint density at radius 3 is 2.95 bits per heavy atom. The van der Waals surface area contributed by atoms with Gasteiger partial charge in [0, 0.05) is 17.3 Å². The van der Waals surface area contributed by atoms with E-state index in [-0.39, 0.29) is 5.82 Å². The molecule has 2 aromatic heterocycles. The summed E-state index contributed by atoms with van der Waals surface area (Å²) in [5.41, 5.74) is 4.39. The number of aromatic nitrogens is 3. The zero-order valence-electron chi connectivity index (χ0n) is 12.4. The van der Waals surface area contributed by atoms with E-state index in [1.807, 2.05) is 29.6 Å². The van der Waals surface area contributed by atoms with Crippen LogP contribution in [0.1, 0.15) is 30.3 Å². The van der Waals surface area contributed by atoms with Crippen LogP contribution in [0.15, 0.2) is 36.4 Å². The lowest BCUT2D eigenvalue weighted by Crippen LogP contribution is -2.13. The molecule has 0 spiro atoms. The molecule has 1 atom stereocenters. The van der Waals surface area contributed by atoms with Gasteiger partial charge >= 0.3 is 0 Å². The van der Waals surface area contributed by atoms with Crippen LogP contribution < -0.4 is 5.32 Å². The van der Waals surface area contributed by atoms with Crippen LogP contribution in [-0.2, 0) is 0 Å². The maximum Gasteiger partial charge on any atom is 0.156 e. The average molecular weight is 296 g/mol. The normalized spacial score (nSPS) is 18.2. The quantitative estimate of drug-likeness (QED) is 0.789. The molecule has 5 heteroatoms. The first-order valence-corrected chi connectivity index (χ1v) is 7.57. The van der Waals surface area contributed by atoms with Gasteiger partial charge in [-0.05, 0) is 44.5 Å². The van der Waals surface area contributed by atoms with Crippen LogP contribution >= 0.6 is 0 Å². The maximum atomic E-state index is 13.5. The topological polar surface area (TPSA) is 42.2 Å². The monoisotopic (exact) mass is 296 g/mol. The molecule has 112 valence electrons. The van der Waals surface area contributed by atoms with Crippen molar-refractivity contribution in [3.05, 3.63) is 53.6 Å². The Hall–Kier alpha value is -2.27. The Morgan fingerprint density at radius 1 is 1.27 bits per heavy atom. The van der Waals surface area contributed by atoms with E-state index in [1.165, 1.54) is 18.6 Å². The zero-order valence-corrected chi connectivity index (χ0v) is 12.4. The van der Waals surface area contributed by atoms with Crippen molar-refractivity contribution in [3.63, 3.8) is 0 Å². The predicted octanol–water partition coefficient (Wildman–Crippen LogP) is 3.27. The molecule has 1 unspecified atom stereocenters. The van der Waals surface area contributed by atoms with Gasteiger partial charge < -0.3 is 5.32 Å². The van der Waals surface area contributed by atoms with Gasteiger partial charge in [-0.2, -0.15) is 5.10 Å². The van der Waals surface area contributed by atoms with Gasteiger partial charge in [-0.3, -0.25) is 0 Å². The smallest absolute Gasteiger partial charge is 0.156 e. The third-order valence-corrected chi connectivity index (χ3v) is 4.11. The molecule has 0 bridgehead atoms. The van der Waals surface area contributed by atoms with Crippen LogP contribution in [0.5, 0.6) is 0 Å². The lowest BCUT2D eigenvalue weighted by atomic mass is 10.1. The fraction of sp³-hybridized carbons (Fsp3) is 0.294. The van der Waals surface area contributed by atoms with Crippen molar-refractivity contribution in [2.24, 2.45) is 0 Å². The van der Waals surface area contributed by atoms with Gasteiger partial charge in [0.15, 0.2) is 5.65 Å². The number of halogens is 1. The number of aryl methyl sites for hydroxylation is 1. The standard InChI is InChI=1S/C17H17FN4/c1-11-8-16(12-4-2-5-13(18)9-12)22-17(20-11)10-15(21-22)14-6-3-7-19-14/h2,4-5,8-10,14,19H,3,6-7H2,1H3. The zero-order chi connectivity index (χ0) is 15.1. The molecule has 1 aliphatic rings. The van der Waals surface area contributed by atoms with Crippen molar-refractivity contribution in [1.82, 2.24) is 19.9 Å². The third kappa shape index (κ3) is 2.27. The summed E-state index contributed by atoms with van der Waals surface area (Å²) in [6, 6.07) is 10.9. The maximum absolute atomic E-state index is 13.5. The summed E-state index contributed by atoms with van der Waals surface area (Å²) in [7, 11) is 0. The fourth-order valence-electron chi connectivity index (χ4n) is 3.08. The summed E-state index contributed by atoms with van der Waals surface area (Å²) < 4.78 is 15.4. The number of nitrogens with zero attached hydrogens (tertiary/aromatic N) is 3. The van der Waals surface area contributed by atoms with Gasteiger partial charge in [0.1, 0.15) is 5.82 Å². The molecule has 4 rings (SSSR count). The van der Waals surface area contributed by atoms with E-state index in [9.17, 15) is 4.39 Å². The van der Waals surface area contributed by atoms with Gasteiger partial charge in [-0.1, -0.05) is 12.1 Å². The van der Waals surface area contributed by atoms with Gasteiger partial charge in [-0.15, -0.1) is 0 Å². The molecule has 22 heavy (non-hydrogen) atoms. The highest BCUT2D eigenvalue weighted by Gasteiger charge is 2.20. The van der Waals surface area contributed by atoms with Crippen LogP contribution in [0.4, 0.5) is 4.39 Å². The molecule has 1 aliphatic heterocycles. The molecule has 0 amide bonds. The molecule has 4 nitrogen and oxygen atoms in total. The van der Waals surface area contributed by atoms with Crippen molar-refractivity contribution < 1.29 is 4.39 Å². The predicted molar refractivity (Wildman–Crippen MR) is 83.1 cm³/mol. The Bertz CT molecular complexity index is 834. The molecule has 1 fully saturated rings. The summed E-state index contributed by atoms with van der Waals surface area (Å²) in [6.07, 6.45) is 2.26. The van der Waals surface area contributed by atoms with E-state index in [1.54, 1.807) is 6.07 Å². The van der Waals surface area contributed by atoms with E-state index in [4.69, 9.17) is 5.10 Å². The highest BCUT2D eigenvalue weighted by atomic mass is 19.1. The number of fused-ring (bicyclic) bond motifs is 1. The molecule has 3 heterocycles. The Balaban J connectivity index is 1.90. The van der Waals surface area contributed by atoms with Crippen LogP contribution in [0.25, 0.3) is 16.9 Å². The molecular formula is C17H17FN4. The molecule has 1 saturated heterocycles. The first-order chi connectivity index (χ1) is 10.7. The molecule has 1 aromatic carbocycles. The number of nitrogens with one attached hydrogen (secondary N) is 1. The lowest BCUT2D eigenvalue weighted by molar-refractivity contribution is 0.620. The lowest BCUT2D eigenvalue weighted by Gasteiger charge is -2.07. The summed E-state index contributed by atoms with van der Waals surface area (Å²) >= 11 is 0. The van der Waals surface area contributed by atoms with Crippen LogP contribution in [0.3, 0.4) is 0 Å². The second-order valence-electron chi connectivity index (χ2n) is 5.78. The molecule has 0 radical (unpaired) electrons. The Morgan fingerprint density at radius 2 is 2.18 bits per heavy atom. The minimum atomic E-state index is -0.245. The van der Waals surface area contributed by atoms with Crippen LogP contribution in [0.2, 0.25) is 0 Å². The third-order valence-electron chi connectivity index (χ3n) is 4.11. The van der Waals surface area contributed by atoms with E-state index in [0.29, 0.717) is 6.04 Å². The van der Waals surface area contributed by atoms with Gasteiger partial charge in [0.05, 0.1) is 17.4 Å². The number of benzene rings is 1. The number of rotatable bonds is 2. The van der Waals surface area contributed by atoms with Gasteiger partial charge in [0.25, 0.3) is 0 Å². The van der Waals surface area contributed by atoms with E-state index < -0.39 is 0 Å². The van der Waals surface area contributed by atoms with Crippen molar-refractivity contribution in [2.45, 2.75) is 25.8 Å². The summed E-state index contributed by atoms with van der Waals surface area (Å²) in [5, 5.41) is 8.16. The second kappa shape index (κ2) is 5.18. The van der Waals surface area contributed by atoms with E-state index >= 15 is 0 Å². The number of hydrogen-bond acceptors (Lipinski definition) is 3. The molecule has 0 saturated carbocycles. The SMILES string of the molecule is Cc1cc(-c2cccc(F)c2)n2nc(C3CCCN3)cc2n1. The Kier molecular flexibility index (Phi) is 3.15. The summed E-state index contributed by atoms with van der Waals surface area (Å²) in [6.45, 7) is 2.98. The highest BCUT2D eigenvalue weighted by Crippen LogP contribution is 2.26. The molecule has 3 aromatic rings. The van der Waals surface area contributed by atoms with Crippen LogP contribution in [0, 0.1) is 12.7 Å². The van der Waals surface area contributed by atoms with E-state index in [0.717, 1.165) is 41.3 Å². The summed E-state index contributed by atoms with van der Waals surface area (Å²) in [4.78, 5) is 4.56. The molecule has 1 N–H and O–H groups in total. The largest absolute Gasteiger partial charge is 0.309 e. The highest BCUT2D eigenvalue weighted by molar-refractivity contribution is 5.63. The van der Waals surface area contributed by atoms with E-state index in [2.05, 4.69) is 10.3 Å². The van der Waals surface area contributed by atoms with Crippen LogP contribution in [-0.4, -0.2) is 21.1 Å². The number of hydrogen-bond donors (Lipinski definition) is 1. The minimum Gasteiger partial charge on any atom is -0.309 e. The fourth-order valence-corrected chi connectivity index (χ4v) is 3.08. The Labute approximate surface area is 128 Å². The van der Waals surface area contributed by atoms with Crippen molar-refractivity contribution >= 4 is 5.65 Å². The van der Waals surface area contributed by atoms with Gasteiger partial charge in [-0.25, -0.2) is 13.9 Å². The molecular weight excluding hydrogens is 279 g/mol. The first-order valence-electron chi connectivity index (χ1n) is 7.57. The second-order valence-corrected chi connectivity index (χ2v) is 5.78.